The van der Waals surface area contributed by atoms with Crippen LogP contribution in [0.2, 0.25) is 0 Å². The van der Waals surface area contributed by atoms with Gasteiger partial charge in [-0.15, -0.1) is 0 Å². The highest BCUT2D eigenvalue weighted by atomic mass is 16.1. The molecule has 1 saturated heterocycles. The first-order valence-electron chi connectivity index (χ1n) is 3.61. The molecule has 0 radical (unpaired) electrons. The maximum atomic E-state index is 10.5. The van der Waals surface area contributed by atoms with Gasteiger partial charge in [-0.25, -0.2) is 0 Å². The normalized spacial score (nSPS) is 17.8. The van der Waals surface area contributed by atoms with E-state index in [1.807, 2.05) is 0 Å². The summed E-state index contributed by atoms with van der Waals surface area (Å²) in [5.74, 6) is 0. The number of nitrogens with one attached hydrogen (secondary N) is 1. The molecule has 4 heteroatoms. The van der Waals surface area contributed by atoms with Crippen LogP contribution in [0.15, 0.2) is 12.3 Å². The van der Waals surface area contributed by atoms with Crippen LogP contribution in [-0.2, 0) is 0 Å². The van der Waals surface area contributed by atoms with E-state index in [4.69, 9.17) is 0 Å². The molecular formula is C7H9N3O. The summed E-state index contributed by atoms with van der Waals surface area (Å²) in [6.45, 7) is 1.84. The van der Waals surface area contributed by atoms with Crippen molar-refractivity contribution in [1.29, 1.82) is 0 Å². The molecule has 0 aromatic carbocycles. The van der Waals surface area contributed by atoms with Gasteiger partial charge < -0.3 is 5.32 Å². The second-order valence-corrected chi connectivity index (χ2v) is 2.63. The van der Waals surface area contributed by atoms with E-state index in [0.29, 0.717) is 11.7 Å². The third kappa shape index (κ3) is 0.952. The Morgan fingerprint density at radius 3 is 3.09 bits per heavy atom. The zero-order valence-corrected chi connectivity index (χ0v) is 6.03. The molecule has 2 rings (SSSR count). The molecule has 58 valence electrons. The predicted molar refractivity (Wildman–Crippen MR) is 39.5 cm³/mol. The van der Waals surface area contributed by atoms with Crippen molar-refractivity contribution in [3.8, 4) is 0 Å². The lowest BCUT2D eigenvalue weighted by Gasteiger charge is -2.27. The van der Waals surface area contributed by atoms with E-state index < -0.39 is 0 Å². The van der Waals surface area contributed by atoms with Crippen molar-refractivity contribution in [2.75, 3.05) is 13.1 Å². The van der Waals surface area contributed by atoms with Gasteiger partial charge in [0.25, 0.3) is 0 Å². The molecule has 0 unspecified atom stereocenters. The minimum Gasteiger partial charge on any atom is -0.312 e. The lowest BCUT2D eigenvalue weighted by atomic mass is 10.2. The topological polar surface area (TPSA) is 46.9 Å². The third-order valence-electron chi connectivity index (χ3n) is 1.93. The molecule has 1 aromatic heterocycles. The van der Waals surface area contributed by atoms with Crippen LogP contribution >= 0.6 is 0 Å². The molecule has 1 aromatic rings. The Hall–Kier alpha value is -1.16. The molecule has 1 fully saturated rings. The van der Waals surface area contributed by atoms with Gasteiger partial charge in [0.2, 0.25) is 0 Å². The summed E-state index contributed by atoms with van der Waals surface area (Å²) in [6, 6.07) is 2.11. The first kappa shape index (κ1) is 6.54. The summed E-state index contributed by atoms with van der Waals surface area (Å²) < 4.78 is 1.77. The smallest absolute Gasteiger partial charge is 0.168 e. The summed E-state index contributed by atoms with van der Waals surface area (Å²) in [4.78, 5) is 10.5. The maximum absolute atomic E-state index is 10.5. The van der Waals surface area contributed by atoms with E-state index in [-0.39, 0.29) is 0 Å². The second-order valence-electron chi connectivity index (χ2n) is 2.63. The van der Waals surface area contributed by atoms with Crippen molar-refractivity contribution in [3.63, 3.8) is 0 Å². The molecule has 2 heterocycles. The van der Waals surface area contributed by atoms with Gasteiger partial charge in [-0.05, 0) is 6.07 Å². The van der Waals surface area contributed by atoms with Crippen molar-refractivity contribution in [2.45, 2.75) is 6.04 Å². The van der Waals surface area contributed by atoms with Crippen molar-refractivity contribution >= 4 is 6.29 Å². The minimum absolute atomic E-state index is 0.380. The van der Waals surface area contributed by atoms with E-state index >= 15 is 0 Å². The lowest BCUT2D eigenvalue weighted by molar-refractivity contribution is 0.110. The van der Waals surface area contributed by atoms with Crippen LogP contribution in [0.1, 0.15) is 16.5 Å². The third-order valence-corrected chi connectivity index (χ3v) is 1.93. The van der Waals surface area contributed by atoms with Crippen LogP contribution < -0.4 is 5.32 Å². The number of hydrogen-bond donors (Lipinski definition) is 1. The van der Waals surface area contributed by atoms with Gasteiger partial charge in [0, 0.05) is 19.3 Å². The predicted octanol–water partition coefficient (Wildman–Crippen LogP) is -0.160. The molecule has 0 aliphatic carbocycles. The number of rotatable bonds is 2. The maximum Gasteiger partial charge on any atom is 0.168 e. The molecule has 1 aliphatic rings. The minimum atomic E-state index is 0.380. The van der Waals surface area contributed by atoms with E-state index in [1.54, 1.807) is 16.9 Å². The van der Waals surface area contributed by atoms with Gasteiger partial charge in [-0.3, -0.25) is 9.48 Å². The standard InChI is InChI=1S/C7H9N3O/c11-5-6-1-2-9-10(6)7-3-8-4-7/h1-2,5,7-8H,3-4H2. The highest BCUT2D eigenvalue weighted by molar-refractivity contribution is 5.71. The average molecular weight is 151 g/mol. The SMILES string of the molecule is O=Cc1ccnn1C1CNC1. The average Bonchev–Trinajstić information content (AvgIpc) is 2.32. The van der Waals surface area contributed by atoms with Gasteiger partial charge in [-0.1, -0.05) is 0 Å². The first-order valence-corrected chi connectivity index (χ1v) is 3.61. The second kappa shape index (κ2) is 2.47. The van der Waals surface area contributed by atoms with Crippen LogP contribution in [0.25, 0.3) is 0 Å². The van der Waals surface area contributed by atoms with E-state index in [0.717, 1.165) is 19.4 Å². The Morgan fingerprint density at radius 2 is 2.55 bits per heavy atom. The van der Waals surface area contributed by atoms with Crippen LogP contribution in [0.4, 0.5) is 0 Å². The largest absolute Gasteiger partial charge is 0.312 e. The Balaban J connectivity index is 2.27. The monoisotopic (exact) mass is 151 g/mol. The molecular weight excluding hydrogens is 142 g/mol. The molecule has 0 spiro atoms. The molecule has 4 nitrogen and oxygen atoms in total. The zero-order chi connectivity index (χ0) is 7.68. The van der Waals surface area contributed by atoms with E-state index in [9.17, 15) is 4.79 Å². The number of nitrogens with zero attached hydrogens (tertiary/aromatic N) is 2. The molecule has 1 aliphatic heterocycles. The van der Waals surface area contributed by atoms with Gasteiger partial charge >= 0.3 is 0 Å². The fraction of sp³-hybridized carbons (Fsp3) is 0.429. The number of carbonyl (C=O) groups excluding carboxylic acids is 1. The highest BCUT2D eigenvalue weighted by Crippen LogP contribution is 2.11. The van der Waals surface area contributed by atoms with Gasteiger partial charge in [0.15, 0.2) is 6.29 Å². The van der Waals surface area contributed by atoms with Crippen LogP contribution in [-0.4, -0.2) is 29.2 Å². The molecule has 11 heavy (non-hydrogen) atoms. The summed E-state index contributed by atoms with van der Waals surface area (Å²) >= 11 is 0. The van der Waals surface area contributed by atoms with Gasteiger partial charge in [-0.2, -0.15) is 5.10 Å². The fourth-order valence-corrected chi connectivity index (χ4v) is 1.17. The van der Waals surface area contributed by atoms with Gasteiger partial charge in [0.05, 0.1) is 6.04 Å². The Labute approximate surface area is 64.2 Å². The van der Waals surface area contributed by atoms with Crippen molar-refractivity contribution in [1.82, 2.24) is 15.1 Å². The Kier molecular flexibility index (Phi) is 1.47. The van der Waals surface area contributed by atoms with E-state index in [1.165, 1.54) is 0 Å². The summed E-state index contributed by atoms with van der Waals surface area (Å²) in [5.41, 5.74) is 0.663. The summed E-state index contributed by atoms with van der Waals surface area (Å²) in [6.07, 6.45) is 2.49. The van der Waals surface area contributed by atoms with Crippen LogP contribution in [0.3, 0.4) is 0 Å². The number of hydrogen-bond acceptors (Lipinski definition) is 3. The van der Waals surface area contributed by atoms with Crippen molar-refractivity contribution in [2.24, 2.45) is 0 Å². The molecule has 0 saturated carbocycles. The Bertz CT molecular complexity index is 264. The number of aromatic nitrogens is 2. The molecule has 0 bridgehead atoms. The quantitative estimate of drug-likeness (QED) is 0.597. The molecule has 1 N–H and O–H groups in total. The fourth-order valence-electron chi connectivity index (χ4n) is 1.17. The number of aldehydes is 1. The highest BCUT2D eigenvalue weighted by Gasteiger charge is 2.20. The lowest BCUT2D eigenvalue weighted by Crippen LogP contribution is -2.44. The zero-order valence-electron chi connectivity index (χ0n) is 6.03. The van der Waals surface area contributed by atoms with Crippen molar-refractivity contribution in [3.05, 3.63) is 18.0 Å². The van der Waals surface area contributed by atoms with E-state index in [2.05, 4.69) is 10.4 Å². The molecule has 0 atom stereocenters. The van der Waals surface area contributed by atoms with Crippen molar-refractivity contribution < 1.29 is 4.79 Å². The van der Waals surface area contributed by atoms with Gasteiger partial charge in [0.1, 0.15) is 5.69 Å². The number of carbonyl (C=O) groups is 1. The first-order chi connectivity index (χ1) is 5.42. The summed E-state index contributed by atoms with van der Waals surface area (Å²) in [7, 11) is 0. The van der Waals surface area contributed by atoms with Crippen LogP contribution in [0.5, 0.6) is 0 Å². The molecule has 0 amide bonds. The Morgan fingerprint density at radius 1 is 1.73 bits per heavy atom. The summed E-state index contributed by atoms with van der Waals surface area (Å²) in [5, 5.41) is 7.18. The van der Waals surface area contributed by atoms with Crippen LogP contribution in [0, 0.1) is 0 Å².